The van der Waals surface area contributed by atoms with Gasteiger partial charge in [0.05, 0.1) is 12.4 Å². The lowest BCUT2D eigenvalue weighted by atomic mass is 10.0. The van der Waals surface area contributed by atoms with Crippen LogP contribution in [0, 0.1) is 0 Å². The molecule has 0 fully saturated rings. The van der Waals surface area contributed by atoms with Crippen LogP contribution in [0.25, 0.3) is 6.08 Å². The van der Waals surface area contributed by atoms with Crippen molar-refractivity contribution in [3.63, 3.8) is 0 Å². The number of carboxylic acids is 1. The Labute approximate surface area is 145 Å². The van der Waals surface area contributed by atoms with Crippen molar-refractivity contribution < 1.29 is 14.7 Å². The normalized spacial score (nSPS) is 15.2. The number of benzene rings is 1. The topological polar surface area (TPSA) is 121 Å². The molecule has 1 aliphatic rings. The second kappa shape index (κ2) is 7.31. The summed E-state index contributed by atoms with van der Waals surface area (Å²) in [5.74, 6) is -1.56. The predicted molar refractivity (Wildman–Crippen MR) is 92.6 cm³/mol. The molecule has 0 saturated heterocycles. The van der Waals surface area contributed by atoms with Crippen molar-refractivity contribution in [1.29, 1.82) is 0 Å². The summed E-state index contributed by atoms with van der Waals surface area (Å²) >= 11 is 0. The van der Waals surface area contributed by atoms with Crippen molar-refractivity contribution in [3.05, 3.63) is 59.2 Å². The molecule has 2 atom stereocenters. The number of hydrogen-bond acceptors (Lipinski definition) is 4. The molecule has 5 N–H and O–H groups in total. The first-order chi connectivity index (χ1) is 12.0. The minimum atomic E-state index is -1.07. The maximum absolute atomic E-state index is 12.2. The van der Waals surface area contributed by atoms with Gasteiger partial charge in [0.25, 0.3) is 0 Å². The number of H-pyrrole nitrogens is 1. The van der Waals surface area contributed by atoms with Crippen LogP contribution in [0.2, 0.25) is 0 Å². The van der Waals surface area contributed by atoms with Gasteiger partial charge in [-0.05, 0) is 24.0 Å². The highest BCUT2D eigenvalue weighted by Crippen LogP contribution is 2.27. The second-order valence-electron chi connectivity index (χ2n) is 6.17. The minimum Gasteiger partial charge on any atom is -0.480 e. The number of nitrogens with zero attached hydrogens (tertiary/aromatic N) is 1. The van der Waals surface area contributed by atoms with E-state index in [9.17, 15) is 14.7 Å². The number of imidazole rings is 1. The zero-order valence-electron chi connectivity index (χ0n) is 13.6. The van der Waals surface area contributed by atoms with Gasteiger partial charge >= 0.3 is 5.97 Å². The molecule has 7 nitrogen and oxygen atoms in total. The third-order valence-electron chi connectivity index (χ3n) is 4.24. The van der Waals surface area contributed by atoms with E-state index >= 15 is 0 Å². The van der Waals surface area contributed by atoms with E-state index in [1.165, 1.54) is 11.9 Å². The Hall–Kier alpha value is -2.93. The monoisotopic (exact) mass is 340 g/mol. The highest BCUT2D eigenvalue weighted by atomic mass is 16.4. The standard InChI is InChI=1S/C18H20N4O3/c19-15(8-14-9-20-10-21-14)17(23)22-16(18(24)25)7-11-5-12-3-1-2-4-13(12)6-11/h1-5,9-10,15-16H,6-8,19H2,(H,20,21)(H,22,23)(H,24,25)/t15-,16+/m0/s1. The quantitative estimate of drug-likeness (QED) is 0.596. The first-order valence-electron chi connectivity index (χ1n) is 8.06. The Bertz CT molecular complexity index is 798. The van der Waals surface area contributed by atoms with Crippen LogP contribution in [0.3, 0.4) is 0 Å². The fourth-order valence-corrected chi connectivity index (χ4v) is 2.95. The van der Waals surface area contributed by atoms with Crippen molar-refractivity contribution in [2.24, 2.45) is 5.73 Å². The molecule has 130 valence electrons. The first-order valence-corrected chi connectivity index (χ1v) is 8.06. The summed E-state index contributed by atoms with van der Waals surface area (Å²) in [7, 11) is 0. The smallest absolute Gasteiger partial charge is 0.326 e. The largest absolute Gasteiger partial charge is 0.480 e. The number of fused-ring (bicyclic) bond motifs is 1. The highest BCUT2D eigenvalue weighted by Gasteiger charge is 2.26. The van der Waals surface area contributed by atoms with Crippen LogP contribution in [0.5, 0.6) is 0 Å². The summed E-state index contributed by atoms with van der Waals surface area (Å²) in [5, 5.41) is 12.0. The van der Waals surface area contributed by atoms with E-state index in [0.29, 0.717) is 6.42 Å². The average Bonchev–Trinajstić information content (AvgIpc) is 3.22. The molecule has 1 aromatic heterocycles. The summed E-state index contributed by atoms with van der Waals surface area (Å²) in [4.78, 5) is 30.5. The lowest BCUT2D eigenvalue weighted by molar-refractivity contribution is -0.141. The number of nitrogens with one attached hydrogen (secondary N) is 2. The SMILES string of the molecule is N[C@@H](Cc1cnc[nH]1)C(=O)N[C@H](CC1=Cc2ccccc2C1)C(=O)O. The minimum absolute atomic E-state index is 0.256. The third-order valence-corrected chi connectivity index (χ3v) is 4.24. The fourth-order valence-electron chi connectivity index (χ4n) is 2.95. The van der Waals surface area contributed by atoms with Gasteiger partial charge in [-0.2, -0.15) is 0 Å². The summed E-state index contributed by atoms with van der Waals surface area (Å²) in [6, 6.07) is 6.09. The molecule has 1 aliphatic carbocycles. The maximum Gasteiger partial charge on any atom is 0.326 e. The summed E-state index contributed by atoms with van der Waals surface area (Å²) in [6.07, 6.45) is 6.31. The van der Waals surface area contributed by atoms with Crippen molar-refractivity contribution in [1.82, 2.24) is 15.3 Å². The van der Waals surface area contributed by atoms with Gasteiger partial charge in [0.15, 0.2) is 0 Å². The van der Waals surface area contributed by atoms with Gasteiger partial charge in [0, 0.05) is 18.3 Å². The van der Waals surface area contributed by atoms with Crippen LogP contribution in [0.15, 0.2) is 42.4 Å². The van der Waals surface area contributed by atoms with Crippen LogP contribution < -0.4 is 11.1 Å². The molecule has 1 aromatic carbocycles. The van der Waals surface area contributed by atoms with Crippen molar-refractivity contribution >= 4 is 18.0 Å². The molecule has 3 rings (SSSR count). The number of carbonyl (C=O) groups excluding carboxylic acids is 1. The third kappa shape index (κ3) is 4.13. The highest BCUT2D eigenvalue weighted by molar-refractivity contribution is 5.87. The number of amides is 1. The molecule has 1 heterocycles. The van der Waals surface area contributed by atoms with Crippen LogP contribution in [0.1, 0.15) is 23.2 Å². The number of carbonyl (C=O) groups is 2. The summed E-state index contributed by atoms with van der Waals surface area (Å²) in [6.45, 7) is 0. The van der Waals surface area contributed by atoms with E-state index in [1.807, 2.05) is 30.3 Å². The van der Waals surface area contributed by atoms with E-state index in [0.717, 1.165) is 16.8 Å². The molecule has 0 radical (unpaired) electrons. The van der Waals surface area contributed by atoms with Crippen LogP contribution >= 0.6 is 0 Å². The zero-order chi connectivity index (χ0) is 17.8. The molecular formula is C18H20N4O3. The second-order valence-corrected chi connectivity index (χ2v) is 6.17. The Morgan fingerprint density at radius 2 is 2.12 bits per heavy atom. The van der Waals surface area contributed by atoms with E-state index in [1.54, 1.807) is 6.20 Å². The number of rotatable bonds is 7. The summed E-state index contributed by atoms with van der Waals surface area (Å²) < 4.78 is 0. The van der Waals surface area contributed by atoms with Gasteiger partial charge < -0.3 is 21.1 Å². The van der Waals surface area contributed by atoms with Crippen molar-refractivity contribution in [2.45, 2.75) is 31.3 Å². The number of hydrogen-bond donors (Lipinski definition) is 4. The average molecular weight is 340 g/mol. The lowest BCUT2D eigenvalue weighted by Crippen LogP contribution is -2.49. The Balaban J connectivity index is 1.60. The molecule has 0 aliphatic heterocycles. The molecule has 7 heteroatoms. The molecule has 0 bridgehead atoms. The molecule has 0 spiro atoms. The van der Waals surface area contributed by atoms with Gasteiger partial charge in [-0.3, -0.25) is 4.79 Å². The van der Waals surface area contributed by atoms with E-state index in [2.05, 4.69) is 15.3 Å². The van der Waals surface area contributed by atoms with E-state index in [4.69, 9.17) is 5.73 Å². The first kappa shape index (κ1) is 16.9. The van der Waals surface area contributed by atoms with Crippen molar-refractivity contribution in [2.75, 3.05) is 0 Å². The van der Waals surface area contributed by atoms with Gasteiger partial charge in [0.1, 0.15) is 6.04 Å². The van der Waals surface area contributed by atoms with Gasteiger partial charge in [-0.25, -0.2) is 9.78 Å². The summed E-state index contributed by atoms with van der Waals surface area (Å²) in [5.41, 5.74) is 9.85. The van der Waals surface area contributed by atoms with Gasteiger partial charge in [-0.1, -0.05) is 35.9 Å². The van der Waals surface area contributed by atoms with Crippen molar-refractivity contribution in [3.8, 4) is 0 Å². The van der Waals surface area contributed by atoms with Gasteiger partial charge in [0.2, 0.25) is 5.91 Å². The van der Waals surface area contributed by atoms with Crippen LogP contribution in [0.4, 0.5) is 0 Å². The Morgan fingerprint density at radius 1 is 1.32 bits per heavy atom. The maximum atomic E-state index is 12.2. The molecule has 1 amide bonds. The van der Waals surface area contributed by atoms with Gasteiger partial charge in [-0.15, -0.1) is 0 Å². The molecule has 2 aromatic rings. The van der Waals surface area contributed by atoms with Crippen LogP contribution in [-0.4, -0.2) is 39.0 Å². The Kier molecular flexibility index (Phi) is 4.95. The predicted octanol–water partition coefficient (Wildman–Crippen LogP) is 0.879. The molecule has 0 saturated carbocycles. The molecule has 0 unspecified atom stereocenters. The zero-order valence-corrected chi connectivity index (χ0v) is 13.6. The molecule has 25 heavy (non-hydrogen) atoms. The molecular weight excluding hydrogens is 320 g/mol. The Morgan fingerprint density at radius 3 is 2.80 bits per heavy atom. The number of carboxylic acid groups (broad SMARTS) is 1. The number of aromatic amines is 1. The number of aromatic nitrogens is 2. The number of aliphatic carboxylic acids is 1. The van der Waals surface area contributed by atoms with Crippen LogP contribution in [-0.2, 0) is 22.4 Å². The fraction of sp³-hybridized carbons (Fsp3) is 0.278. The lowest BCUT2D eigenvalue weighted by Gasteiger charge is -2.18. The van der Waals surface area contributed by atoms with E-state index < -0.39 is 24.0 Å². The van der Waals surface area contributed by atoms with E-state index in [-0.39, 0.29) is 12.8 Å². The number of nitrogens with two attached hydrogens (primary N) is 1.